The predicted octanol–water partition coefficient (Wildman–Crippen LogP) is 0.963. The van der Waals surface area contributed by atoms with Crippen LogP contribution in [0.5, 0.6) is 0 Å². The molecule has 0 aliphatic carbocycles. The Morgan fingerprint density at radius 1 is 1.47 bits per heavy atom. The number of ether oxygens (including phenoxy) is 1. The highest BCUT2D eigenvalue weighted by atomic mass is 16.5. The van der Waals surface area contributed by atoms with E-state index < -0.39 is 0 Å². The van der Waals surface area contributed by atoms with Gasteiger partial charge >= 0.3 is 0 Å². The van der Waals surface area contributed by atoms with E-state index in [9.17, 15) is 0 Å². The zero-order valence-electron chi connectivity index (χ0n) is 9.49. The molecule has 0 amide bonds. The van der Waals surface area contributed by atoms with Gasteiger partial charge in [0.25, 0.3) is 0 Å². The largest absolute Gasteiger partial charge is 0.377 e. The average Bonchev–Trinajstić information content (AvgIpc) is 2.38. The maximum atomic E-state index is 5.53. The fraction of sp³-hybridized carbons (Fsp3) is 0.727. The smallest absolute Gasteiger partial charge is 0.0988 e. The molecular weight excluding hydrogens is 190 g/mol. The van der Waals surface area contributed by atoms with E-state index in [4.69, 9.17) is 10.5 Å². The minimum Gasteiger partial charge on any atom is -0.377 e. The number of hydrogen-bond donors (Lipinski definition) is 1. The van der Waals surface area contributed by atoms with Crippen molar-refractivity contribution in [1.29, 1.82) is 0 Å². The van der Waals surface area contributed by atoms with E-state index >= 15 is 0 Å². The Morgan fingerprint density at radius 2 is 2.20 bits per heavy atom. The fourth-order valence-electron chi connectivity index (χ4n) is 2.06. The lowest BCUT2D eigenvalue weighted by atomic mass is 10.1. The van der Waals surface area contributed by atoms with Crippen LogP contribution in [-0.4, -0.2) is 29.5 Å². The lowest BCUT2D eigenvalue weighted by molar-refractivity contribution is -0.0296. The average molecular weight is 209 g/mol. The Balaban J connectivity index is 2.18. The molecule has 2 N–H and O–H groups in total. The van der Waals surface area contributed by atoms with Crippen LogP contribution in [-0.2, 0) is 11.2 Å². The molecule has 0 saturated carbocycles. The highest BCUT2D eigenvalue weighted by Gasteiger charge is 2.24. The normalized spacial score (nSPS) is 16.7. The van der Waals surface area contributed by atoms with E-state index in [0.29, 0.717) is 6.04 Å². The van der Waals surface area contributed by atoms with Crippen molar-refractivity contribution in [2.75, 3.05) is 19.8 Å². The monoisotopic (exact) mass is 209 g/mol. The number of hydrogen-bond acceptors (Lipinski definition) is 3. The molecule has 0 radical (unpaired) electrons. The van der Waals surface area contributed by atoms with Crippen LogP contribution in [0.25, 0.3) is 0 Å². The van der Waals surface area contributed by atoms with Gasteiger partial charge in [-0.2, -0.15) is 5.10 Å². The van der Waals surface area contributed by atoms with Crippen LogP contribution in [0.3, 0.4) is 0 Å². The van der Waals surface area contributed by atoms with Crippen LogP contribution in [0, 0.1) is 13.8 Å². The number of aryl methyl sites for hydroxylation is 1. The van der Waals surface area contributed by atoms with Crippen molar-refractivity contribution in [2.45, 2.75) is 32.7 Å². The summed E-state index contributed by atoms with van der Waals surface area (Å²) in [5, 5.41) is 4.58. The molecule has 1 saturated heterocycles. The summed E-state index contributed by atoms with van der Waals surface area (Å²) in [4.78, 5) is 0. The molecule has 4 heteroatoms. The molecule has 1 aliphatic rings. The summed E-state index contributed by atoms with van der Waals surface area (Å²) in [5.74, 6) is 0. The summed E-state index contributed by atoms with van der Waals surface area (Å²) in [7, 11) is 0. The van der Waals surface area contributed by atoms with Crippen molar-refractivity contribution >= 4 is 0 Å². The van der Waals surface area contributed by atoms with Gasteiger partial charge in [0.15, 0.2) is 0 Å². The second kappa shape index (κ2) is 4.33. The van der Waals surface area contributed by atoms with Crippen molar-refractivity contribution in [3.63, 3.8) is 0 Å². The molecule has 0 spiro atoms. The van der Waals surface area contributed by atoms with Crippen molar-refractivity contribution in [3.05, 3.63) is 17.0 Å². The zero-order chi connectivity index (χ0) is 10.8. The Hall–Kier alpha value is -0.870. The summed E-state index contributed by atoms with van der Waals surface area (Å²) in [6.07, 6.45) is 2.08. The van der Waals surface area contributed by atoms with Gasteiger partial charge in [0.05, 0.1) is 24.9 Å². The first-order valence-electron chi connectivity index (χ1n) is 5.56. The van der Waals surface area contributed by atoms with Gasteiger partial charge in [0, 0.05) is 5.69 Å². The molecule has 1 aromatic heterocycles. The topological polar surface area (TPSA) is 53.1 Å². The Bertz CT molecular complexity index is 342. The lowest BCUT2D eigenvalue weighted by Gasteiger charge is -2.27. The van der Waals surface area contributed by atoms with E-state index in [1.54, 1.807) is 0 Å². The maximum Gasteiger partial charge on any atom is 0.0988 e. The van der Waals surface area contributed by atoms with Gasteiger partial charge < -0.3 is 10.5 Å². The molecule has 0 aromatic carbocycles. The molecule has 0 atom stereocenters. The summed E-state index contributed by atoms with van der Waals surface area (Å²) >= 11 is 0. The minimum atomic E-state index is 0.454. The molecule has 0 unspecified atom stereocenters. The first kappa shape index (κ1) is 10.6. The maximum absolute atomic E-state index is 5.53. The molecule has 1 aromatic rings. The first-order valence-corrected chi connectivity index (χ1v) is 5.56. The summed E-state index contributed by atoms with van der Waals surface area (Å²) in [5.41, 5.74) is 9.33. The van der Waals surface area contributed by atoms with E-state index in [2.05, 4.69) is 23.6 Å². The van der Waals surface area contributed by atoms with E-state index in [-0.39, 0.29) is 0 Å². The molecule has 84 valence electrons. The van der Waals surface area contributed by atoms with Crippen LogP contribution >= 0.6 is 0 Å². The number of rotatable bonds is 4. The van der Waals surface area contributed by atoms with Crippen LogP contribution < -0.4 is 5.73 Å². The van der Waals surface area contributed by atoms with Gasteiger partial charge in [-0.1, -0.05) is 0 Å². The van der Waals surface area contributed by atoms with Crippen LogP contribution in [0.1, 0.15) is 29.4 Å². The van der Waals surface area contributed by atoms with Gasteiger partial charge in [-0.05, 0) is 38.8 Å². The van der Waals surface area contributed by atoms with E-state index in [0.717, 1.165) is 38.3 Å². The molecular formula is C11H19N3O. The van der Waals surface area contributed by atoms with Gasteiger partial charge in [0.1, 0.15) is 0 Å². The highest BCUT2D eigenvalue weighted by Crippen LogP contribution is 2.23. The number of nitrogens with zero attached hydrogens (tertiary/aromatic N) is 2. The van der Waals surface area contributed by atoms with Gasteiger partial charge in [-0.3, -0.25) is 4.68 Å². The lowest BCUT2D eigenvalue weighted by Crippen LogP contribution is -2.32. The van der Waals surface area contributed by atoms with Crippen LogP contribution in [0.15, 0.2) is 0 Å². The first-order chi connectivity index (χ1) is 7.24. The fourth-order valence-corrected chi connectivity index (χ4v) is 2.06. The Morgan fingerprint density at radius 3 is 2.73 bits per heavy atom. The van der Waals surface area contributed by atoms with E-state index in [1.165, 1.54) is 11.3 Å². The minimum absolute atomic E-state index is 0.454. The van der Waals surface area contributed by atoms with Crippen molar-refractivity contribution in [1.82, 2.24) is 9.78 Å². The molecule has 1 aliphatic heterocycles. The third-order valence-electron chi connectivity index (χ3n) is 3.07. The number of aromatic nitrogens is 2. The highest BCUT2D eigenvalue weighted by molar-refractivity contribution is 5.25. The second-order valence-corrected chi connectivity index (χ2v) is 4.18. The third-order valence-corrected chi connectivity index (χ3v) is 3.07. The molecule has 0 bridgehead atoms. The third kappa shape index (κ3) is 1.92. The van der Waals surface area contributed by atoms with E-state index in [1.807, 2.05) is 0 Å². The van der Waals surface area contributed by atoms with Crippen molar-refractivity contribution in [2.24, 2.45) is 5.73 Å². The summed E-state index contributed by atoms with van der Waals surface area (Å²) in [6.45, 7) is 6.58. The molecule has 2 heterocycles. The second-order valence-electron chi connectivity index (χ2n) is 4.18. The van der Waals surface area contributed by atoms with Crippen LogP contribution in [0.2, 0.25) is 0 Å². The molecule has 2 rings (SSSR count). The number of nitrogens with two attached hydrogens (primary N) is 1. The standard InChI is InChI=1S/C11H19N3O/c1-8-11(4-3-5-12)9(2)14(13-8)10-6-15-7-10/h10H,3-7,12H2,1-2H3. The van der Waals surface area contributed by atoms with Crippen LogP contribution in [0.4, 0.5) is 0 Å². The van der Waals surface area contributed by atoms with Crippen molar-refractivity contribution < 1.29 is 4.74 Å². The SMILES string of the molecule is Cc1nn(C2COC2)c(C)c1CCCN. The van der Waals surface area contributed by atoms with Gasteiger partial charge in [0.2, 0.25) is 0 Å². The predicted molar refractivity (Wildman–Crippen MR) is 58.9 cm³/mol. The molecule has 1 fully saturated rings. The summed E-state index contributed by atoms with van der Waals surface area (Å²) in [6, 6.07) is 0.454. The Kier molecular flexibility index (Phi) is 3.07. The summed E-state index contributed by atoms with van der Waals surface area (Å²) < 4.78 is 7.31. The molecule has 15 heavy (non-hydrogen) atoms. The molecule has 4 nitrogen and oxygen atoms in total. The van der Waals surface area contributed by atoms with Gasteiger partial charge in [-0.25, -0.2) is 0 Å². The van der Waals surface area contributed by atoms with Crippen molar-refractivity contribution in [3.8, 4) is 0 Å². The quantitative estimate of drug-likeness (QED) is 0.803. The van der Waals surface area contributed by atoms with Gasteiger partial charge in [-0.15, -0.1) is 0 Å². The zero-order valence-corrected chi connectivity index (χ0v) is 9.49. The Labute approximate surface area is 90.4 Å².